The molecule has 0 radical (unpaired) electrons. The highest BCUT2D eigenvalue weighted by Gasteiger charge is 2.11. The van der Waals surface area contributed by atoms with Gasteiger partial charge in [-0.05, 0) is 43.4 Å². The summed E-state index contributed by atoms with van der Waals surface area (Å²) in [4.78, 5) is 12.3. The van der Waals surface area contributed by atoms with Gasteiger partial charge in [0.05, 0.1) is 0 Å². The Labute approximate surface area is 115 Å². The standard InChI is InChI=1S/C18H20O/c1-14-8-6-9-15(2)18(14)17(19)13-7-12-16-10-4-3-5-11-16/h3-6,8-11H,7,12-13H2,1-2H3. The van der Waals surface area contributed by atoms with Crippen molar-refractivity contribution in [1.82, 2.24) is 0 Å². The van der Waals surface area contributed by atoms with Gasteiger partial charge in [-0.25, -0.2) is 0 Å². The zero-order valence-electron chi connectivity index (χ0n) is 11.6. The van der Waals surface area contributed by atoms with Crippen molar-refractivity contribution < 1.29 is 4.79 Å². The minimum Gasteiger partial charge on any atom is -0.294 e. The van der Waals surface area contributed by atoms with Crippen LogP contribution in [0.1, 0.15) is 39.9 Å². The summed E-state index contributed by atoms with van der Waals surface area (Å²) in [5.74, 6) is 0.270. The van der Waals surface area contributed by atoms with E-state index in [-0.39, 0.29) is 5.78 Å². The van der Waals surface area contributed by atoms with E-state index in [9.17, 15) is 4.79 Å². The van der Waals surface area contributed by atoms with Crippen LogP contribution in [0.25, 0.3) is 0 Å². The highest BCUT2D eigenvalue weighted by atomic mass is 16.1. The Balaban J connectivity index is 1.95. The molecule has 98 valence electrons. The average molecular weight is 252 g/mol. The molecule has 0 spiro atoms. The number of rotatable bonds is 5. The smallest absolute Gasteiger partial charge is 0.163 e. The second kappa shape index (κ2) is 6.33. The van der Waals surface area contributed by atoms with Crippen LogP contribution in [-0.2, 0) is 6.42 Å². The molecular weight excluding hydrogens is 232 g/mol. The van der Waals surface area contributed by atoms with E-state index in [1.807, 2.05) is 50.2 Å². The summed E-state index contributed by atoms with van der Waals surface area (Å²) >= 11 is 0. The molecule has 0 fully saturated rings. The second-order valence-electron chi connectivity index (χ2n) is 5.03. The van der Waals surface area contributed by atoms with Crippen LogP contribution in [0.4, 0.5) is 0 Å². The number of hydrogen-bond donors (Lipinski definition) is 0. The number of Topliss-reactive ketones (excluding diaryl/α,β-unsaturated/α-hetero) is 1. The largest absolute Gasteiger partial charge is 0.294 e. The molecule has 2 rings (SSSR count). The summed E-state index contributed by atoms with van der Waals surface area (Å²) in [6.45, 7) is 4.02. The molecule has 0 aliphatic heterocycles. The summed E-state index contributed by atoms with van der Waals surface area (Å²) in [6.07, 6.45) is 2.51. The van der Waals surface area contributed by atoms with Gasteiger partial charge in [-0.2, -0.15) is 0 Å². The van der Waals surface area contributed by atoms with E-state index in [2.05, 4.69) is 12.1 Å². The van der Waals surface area contributed by atoms with Gasteiger partial charge in [0.15, 0.2) is 5.78 Å². The third kappa shape index (κ3) is 3.54. The zero-order chi connectivity index (χ0) is 13.7. The number of carbonyl (C=O) groups excluding carboxylic acids is 1. The van der Waals surface area contributed by atoms with Crippen molar-refractivity contribution in [2.24, 2.45) is 0 Å². The molecule has 0 unspecified atom stereocenters. The van der Waals surface area contributed by atoms with Crippen molar-refractivity contribution in [2.45, 2.75) is 33.1 Å². The van der Waals surface area contributed by atoms with Gasteiger partial charge in [0.1, 0.15) is 0 Å². The van der Waals surface area contributed by atoms with Gasteiger partial charge in [-0.15, -0.1) is 0 Å². The van der Waals surface area contributed by atoms with Crippen molar-refractivity contribution in [2.75, 3.05) is 0 Å². The first kappa shape index (κ1) is 13.5. The molecule has 0 heterocycles. The Kier molecular flexibility index (Phi) is 4.51. The molecule has 0 aromatic heterocycles. The molecule has 0 saturated heterocycles. The third-order valence-electron chi connectivity index (χ3n) is 3.47. The van der Waals surface area contributed by atoms with Gasteiger partial charge in [-0.1, -0.05) is 48.5 Å². The molecule has 0 atom stereocenters. The van der Waals surface area contributed by atoms with Gasteiger partial charge in [-0.3, -0.25) is 4.79 Å². The van der Waals surface area contributed by atoms with E-state index >= 15 is 0 Å². The molecule has 1 heteroatoms. The normalized spacial score (nSPS) is 10.4. The van der Waals surface area contributed by atoms with Crippen molar-refractivity contribution in [3.8, 4) is 0 Å². The molecule has 19 heavy (non-hydrogen) atoms. The monoisotopic (exact) mass is 252 g/mol. The van der Waals surface area contributed by atoms with Crippen LogP contribution in [0, 0.1) is 13.8 Å². The van der Waals surface area contributed by atoms with Gasteiger partial charge in [0, 0.05) is 12.0 Å². The molecule has 0 aliphatic rings. The van der Waals surface area contributed by atoms with Crippen LogP contribution in [-0.4, -0.2) is 5.78 Å². The number of ketones is 1. The maximum Gasteiger partial charge on any atom is 0.163 e. The first-order chi connectivity index (χ1) is 9.18. The molecule has 0 aliphatic carbocycles. The number of hydrogen-bond acceptors (Lipinski definition) is 1. The summed E-state index contributed by atoms with van der Waals surface area (Å²) in [5.41, 5.74) is 4.39. The van der Waals surface area contributed by atoms with Crippen LogP contribution < -0.4 is 0 Å². The summed E-state index contributed by atoms with van der Waals surface area (Å²) in [5, 5.41) is 0. The fraction of sp³-hybridized carbons (Fsp3) is 0.278. The minimum absolute atomic E-state index is 0.270. The van der Waals surface area contributed by atoms with Crippen molar-refractivity contribution in [1.29, 1.82) is 0 Å². The lowest BCUT2D eigenvalue weighted by molar-refractivity contribution is 0.0979. The highest BCUT2D eigenvalue weighted by Crippen LogP contribution is 2.17. The van der Waals surface area contributed by atoms with E-state index < -0.39 is 0 Å². The molecule has 2 aromatic rings. The third-order valence-corrected chi connectivity index (χ3v) is 3.47. The first-order valence-electron chi connectivity index (χ1n) is 6.82. The van der Waals surface area contributed by atoms with Crippen LogP contribution in [0.15, 0.2) is 48.5 Å². The zero-order valence-corrected chi connectivity index (χ0v) is 11.6. The molecule has 0 N–H and O–H groups in total. The quantitative estimate of drug-likeness (QED) is 0.716. The van der Waals surface area contributed by atoms with E-state index in [0.29, 0.717) is 6.42 Å². The van der Waals surface area contributed by atoms with E-state index in [4.69, 9.17) is 0 Å². The SMILES string of the molecule is Cc1cccc(C)c1C(=O)CCCc1ccccc1. The number of carbonyl (C=O) groups is 1. The molecular formula is C18H20O. The average Bonchev–Trinajstić information content (AvgIpc) is 2.40. The lowest BCUT2D eigenvalue weighted by Gasteiger charge is -2.08. The fourth-order valence-corrected chi connectivity index (χ4v) is 2.48. The maximum atomic E-state index is 12.3. The molecule has 0 saturated carbocycles. The lowest BCUT2D eigenvalue weighted by Crippen LogP contribution is -2.05. The predicted octanol–water partition coefficient (Wildman–Crippen LogP) is 4.51. The lowest BCUT2D eigenvalue weighted by atomic mass is 9.95. The molecule has 0 bridgehead atoms. The molecule has 2 aromatic carbocycles. The van der Waals surface area contributed by atoms with Gasteiger partial charge in [0.2, 0.25) is 0 Å². The van der Waals surface area contributed by atoms with E-state index in [1.54, 1.807) is 0 Å². The van der Waals surface area contributed by atoms with Gasteiger partial charge in [0.25, 0.3) is 0 Å². The fourth-order valence-electron chi connectivity index (χ4n) is 2.48. The highest BCUT2D eigenvalue weighted by molar-refractivity contribution is 5.98. The summed E-state index contributed by atoms with van der Waals surface area (Å²) in [7, 11) is 0. The second-order valence-corrected chi connectivity index (χ2v) is 5.03. The van der Waals surface area contributed by atoms with Gasteiger partial charge < -0.3 is 0 Å². The van der Waals surface area contributed by atoms with Gasteiger partial charge >= 0.3 is 0 Å². The van der Waals surface area contributed by atoms with Crippen LogP contribution in [0.3, 0.4) is 0 Å². The first-order valence-corrected chi connectivity index (χ1v) is 6.82. The van der Waals surface area contributed by atoms with Crippen molar-refractivity contribution >= 4 is 5.78 Å². The van der Waals surface area contributed by atoms with Crippen molar-refractivity contribution in [3.63, 3.8) is 0 Å². The maximum absolute atomic E-state index is 12.3. The Morgan fingerprint density at radius 2 is 1.53 bits per heavy atom. The Morgan fingerprint density at radius 3 is 2.16 bits per heavy atom. The van der Waals surface area contributed by atoms with Crippen molar-refractivity contribution in [3.05, 3.63) is 70.8 Å². The summed E-state index contributed by atoms with van der Waals surface area (Å²) in [6, 6.07) is 16.4. The van der Waals surface area contributed by atoms with Crippen LogP contribution in [0.2, 0.25) is 0 Å². The Hall–Kier alpha value is -1.89. The van der Waals surface area contributed by atoms with E-state index in [1.165, 1.54) is 5.56 Å². The summed E-state index contributed by atoms with van der Waals surface area (Å²) < 4.78 is 0. The number of aryl methyl sites for hydroxylation is 3. The Morgan fingerprint density at radius 1 is 0.895 bits per heavy atom. The minimum atomic E-state index is 0.270. The predicted molar refractivity (Wildman–Crippen MR) is 79.6 cm³/mol. The molecule has 1 nitrogen and oxygen atoms in total. The van der Waals surface area contributed by atoms with Crippen LogP contribution in [0.5, 0.6) is 0 Å². The Bertz CT molecular complexity index is 535. The number of benzene rings is 2. The van der Waals surface area contributed by atoms with E-state index in [0.717, 1.165) is 29.5 Å². The topological polar surface area (TPSA) is 17.1 Å². The molecule has 0 amide bonds. The van der Waals surface area contributed by atoms with Crippen LogP contribution >= 0.6 is 0 Å².